The predicted octanol–water partition coefficient (Wildman–Crippen LogP) is 3.65. The van der Waals surface area contributed by atoms with Gasteiger partial charge in [-0.3, -0.25) is 4.99 Å². The van der Waals surface area contributed by atoms with E-state index >= 15 is 0 Å². The topological polar surface area (TPSA) is 45.7 Å². The van der Waals surface area contributed by atoms with Gasteiger partial charge >= 0.3 is 0 Å². The number of aryl methyl sites for hydroxylation is 1. The van der Waals surface area contributed by atoms with Gasteiger partial charge in [-0.1, -0.05) is 29.8 Å². The van der Waals surface area contributed by atoms with Gasteiger partial charge in [0.25, 0.3) is 0 Å². The molecule has 2 rings (SSSR count). The number of ether oxygens (including phenoxy) is 1. The Morgan fingerprint density at radius 1 is 1.30 bits per heavy atom. The Labute approximate surface area is 157 Å². The fraction of sp³-hybridized carbons (Fsp3) is 0.611. The molecule has 1 aromatic rings. The maximum Gasteiger partial charge on any atom is 0.191 e. The van der Waals surface area contributed by atoms with Crippen LogP contribution in [0.15, 0.2) is 29.3 Å². The van der Waals surface area contributed by atoms with Crippen LogP contribution in [0.1, 0.15) is 43.9 Å². The molecule has 5 heteroatoms. The van der Waals surface area contributed by atoms with Crippen molar-refractivity contribution in [2.24, 2.45) is 10.9 Å². The number of hydrogen-bond acceptors (Lipinski definition) is 2. The van der Waals surface area contributed by atoms with Crippen LogP contribution in [-0.4, -0.2) is 32.2 Å². The SMILES string of the molecule is CN=C(NCC1CCCOC1c1ccc(C)cc1)NC(C)C.I. The zero-order chi connectivity index (χ0) is 15.9. The van der Waals surface area contributed by atoms with Crippen LogP contribution in [-0.2, 0) is 4.74 Å². The van der Waals surface area contributed by atoms with Crippen LogP contribution in [0, 0.1) is 12.8 Å². The molecule has 0 aliphatic carbocycles. The Balaban J connectivity index is 0.00000264. The van der Waals surface area contributed by atoms with Crippen LogP contribution in [0.3, 0.4) is 0 Å². The van der Waals surface area contributed by atoms with E-state index in [1.54, 1.807) is 0 Å². The molecule has 0 spiro atoms. The van der Waals surface area contributed by atoms with Crippen molar-refractivity contribution >= 4 is 29.9 Å². The molecule has 1 saturated heterocycles. The van der Waals surface area contributed by atoms with Gasteiger partial charge in [0, 0.05) is 32.2 Å². The lowest BCUT2D eigenvalue weighted by molar-refractivity contribution is -0.0265. The largest absolute Gasteiger partial charge is 0.373 e. The Kier molecular flexibility index (Phi) is 8.91. The van der Waals surface area contributed by atoms with Gasteiger partial charge in [0.15, 0.2) is 5.96 Å². The molecule has 0 amide bonds. The minimum Gasteiger partial charge on any atom is -0.373 e. The molecule has 130 valence electrons. The van der Waals surface area contributed by atoms with Crippen molar-refractivity contribution in [1.29, 1.82) is 0 Å². The normalized spacial score (nSPS) is 21.7. The molecule has 1 fully saturated rings. The average Bonchev–Trinajstić information content (AvgIpc) is 2.52. The highest BCUT2D eigenvalue weighted by atomic mass is 127. The summed E-state index contributed by atoms with van der Waals surface area (Å²) in [6.45, 7) is 8.09. The molecule has 0 bridgehead atoms. The number of nitrogens with zero attached hydrogens (tertiary/aromatic N) is 1. The lowest BCUT2D eigenvalue weighted by atomic mass is 9.89. The maximum absolute atomic E-state index is 6.06. The van der Waals surface area contributed by atoms with E-state index in [-0.39, 0.29) is 30.1 Å². The summed E-state index contributed by atoms with van der Waals surface area (Å²) in [6.07, 6.45) is 2.49. The van der Waals surface area contributed by atoms with Crippen molar-refractivity contribution < 1.29 is 4.74 Å². The third-order valence-corrected chi connectivity index (χ3v) is 4.03. The molecule has 1 aliphatic heterocycles. The van der Waals surface area contributed by atoms with Gasteiger partial charge in [-0.25, -0.2) is 0 Å². The molecule has 2 unspecified atom stereocenters. The molecule has 2 atom stereocenters. The Bertz CT molecular complexity index is 488. The summed E-state index contributed by atoms with van der Waals surface area (Å²) in [6, 6.07) is 9.09. The summed E-state index contributed by atoms with van der Waals surface area (Å²) in [4.78, 5) is 4.28. The van der Waals surface area contributed by atoms with Crippen LogP contribution in [0.5, 0.6) is 0 Å². The standard InChI is InChI=1S/C18H29N3O.HI/c1-13(2)21-18(19-4)20-12-16-6-5-11-22-17(16)15-9-7-14(3)8-10-15;/h7-10,13,16-17H,5-6,11-12H2,1-4H3,(H2,19,20,21);1H. The summed E-state index contributed by atoms with van der Waals surface area (Å²) in [5.41, 5.74) is 2.57. The minimum absolute atomic E-state index is 0. The quantitative estimate of drug-likeness (QED) is 0.435. The second kappa shape index (κ2) is 10.1. The first-order valence-electron chi connectivity index (χ1n) is 8.25. The zero-order valence-corrected chi connectivity index (χ0v) is 17.0. The van der Waals surface area contributed by atoms with Crippen molar-refractivity contribution in [1.82, 2.24) is 10.6 Å². The number of guanidine groups is 1. The summed E-state index contributed by atoms with van der Waals surface area (Å²) >= 11 is 0. The zero-order valence-electron chi connectivity index (χ0n) is 14.6. The number of hydrogen-bond donors (Lipinski definition) is 2. The van der Waals surface area contributed by atoms with Crippen LogP contribution in [0.4, 0.5) is 0 Å². The van der Waals surface area contributed by atoms with E-state index in [1.807, 2.05) is 7.05 Å². The van der Waals surface area contributed by atoms with Gasteiger partial charge < -0.3 is 15.4 Å². The third-order valence-electron chi connectivity index (χ3n) is 4.03. The van der Waals surface area contributed by atoms with E-state index in [4.69, 9.17) is 4.74 Å². The number of nitrogens with one attached hydrogen (secondary N) is 2. The number of halogens is 1. The molecule has 1 aliphatic rings. The summed E-state index contributed by atoms with van der Waals surface area (Å²) < 4.78 is 6.06. The lowest BCUT2D eigenvalue weighted by Gasteiger charge is -2.33. The van der Waals surface area contributed by atoms with E-state index in [9.17, 15) is 0 Å². The second-order valence-electron chi connectivity index (χ2n) is 6.36. The molecule has 2 N–H and O–H groups in total. The second-order valence-corrected chi connectivity index (χ2v) is 6.36. The van der Waals surface area contributed by atoms with E-state index < -0.39 is 0 Å². The van der Waals surface area contributed by atoms with Crippen molar-refractivity contribution in [2.75, 3.05) is 20.2 Å². The van der Waals surface area contributed by atoms with Crippen molar-refractivity contribution in [2.45, 2.75) is 45.8 Å². The molecule has 1 aromatic carbocycles. The van der Waals surface area contributed by atoms with Crippen molar-refractivity contribution in [3.8, 4) is 0 Å². The number of benzene rings is 1. The number of rotatable bonds is 4. The molecule has 23 heavy (non-hydrogen) atoms. The van der Waals surface area contributed by atoms with E-state index in [1.165, 1.54) is 17.5 Å². The smallest absolute Gasteiger partial charge is 0.191 e. The van der Waals surface area contributed by atoms with Crippen molar-refractivity contribution in [3.63, 3.8) is 0 Å². The molecule has 1 heterocycles. The Morgan fingerprint density at radius 2 is 2.00 bits per heavy atom. The molecule has 0 saturated carbocycles. The van der Waals surface area contributed by atoms with Crippen molar-refractivity contribution in [3.05, 3.63) is 35.4 Å². The predicted molar refractivity (Wildman–Crippen MR) is 108 cm³/mol. The minimum atomic E-state index is 0. The number of aliphatic imine (C=N–C) groups is 1. The molecular formula is C18H30IN3O. The first-order valence-corrected chi connectivity index (χ1v) is 8.25. The van der Waals surface area contributed by atoms with Crippen LogP contribution in [0.25, 0.3) is 0 Å². The molecule has 4 nitrogen and oxygen atoms in total. The molecular weight excluding hydrogens is 401 g/mol. The van der Waals surface area contributed by atoms with E-state index in [2.05, 4.69) is 60.7 Å². The fourth-order valence-corrected chi connectivity index (χ4v) is 2.87. The Hall–Kier alpha value is -0.820. The maximum atomic E-state index is 6.06. The fourth-order valence-electron chi connectivity index (χ4n) is 2.87. The molecule has 0 aromatic heterocycles. The Morgan fingerprint density at radius 3 is 2.61 bits per heavy atom. The monoisotopic (exact) mass is 431 g/mol. The van der Waals surface area contributed by atoms with Gasteiger partial charge in [0.05, 0.1) is 6.10 Å². The summed E-state index contributed by atoms with van der Waals surface area (Å²) in [7, 11) is 1.81. The van der Waals surface area contributed by atoms with Gasteiger partial charge in [0.1, 0.15) is 0 Å². The highest BCUT2D eigenvalue weighted by Gasteiger charge is 2.27. The van der Waals surface area contributed by atoms with Crippen LogP contribution in [0.2, 0.25) is 0 Å². The highest BCUT2D eigenvalue weighted by molar-refractivity contribution is 14.0. The van der Waals surface area contributed by atoms with Gasteiger partial charge in [-0.05, 0) is 39.2 Å². The lowest BCUT2D eigenvalue weighted by Crippen LogP contribution is -2.44. The summed E-state index contributed by atoms with van der Waals surface area (Å²) in [5.74, 6) is 1.34. The van der Waals surface area contributed by atoms with Gasteiger partial charge in [-0.2, -0.15) is 0 Å². The first-order chi connectivity index (χ1) is 10.6. The molecule has 0 radical (unpaired) electrons. The van der Waals surface area contributed by atoms with Gasteiger partial charge in [0.2, 0.25) is 0 Å². The first kappa shape index (κ1) is 20.2. The van der Waals surface area contributed by atoms with Crippen LogP contribution >= 0.6 is 24.0 Å². The third kappa shape index (κ3) is 6.30. The van der Waals surface area contributed by atoms with Gasteiger partial charge in [-0.15, -0.1) is 24.0 Å². The highest BCUT2D eigenvalue weighted by Crippen LogP contribution is 2.33. The van der Waals surface area contributed by atoms with Crippen LogP contribution < -0.4 is 10.6 Å². The average molecular weight is 431 g/mol. The summed E-state index contributed by atoms with van der Waals surface area (Å²) in [5, 5.41) is 6.77. The van der Waals surface area contributed by atoms with E-state index in [0.717, 1.165) is 25.5 Å². The van der Waals surface area contributed by atoms with E-state index in [0.29, 0.717) is 12.0 Å².